The van der Waals surface area contributed by atoms with Gasteiger partial charge in [-0.2, -0.15) is 0 Å². The molecule has 0 unspecified atom stereocenters. The number of nitrogens with zero attached hydrogens (tertiary/aromatic N) is 2. The van der Waals surface area contributed by atoms with Crippen LogP contribution in [0.4, 0.5) is 11.5 Å². The number of nitrogens with one attached hydrogen (secondary N) is 1. The van der Waals surface area contributed by atoms with Gasteiger partial charge in [0.15, 0.2) is 16.5 Å². The summed E-state index contributed by atoms with van der Waals surface area (Å²) in [7, 11) is 1.55. The Kier molecular flexibility index (Phi) is 4.49. The second kappa shape index (κ2) is 6.96. The Hall–Kier alpha value is -2.99. The first-order valence-electron chi connectivity index (χ1n) is 8.80. The molecule has 138 valence electrons. The minimum Gasteiger partial charge on any atom is -0.504 e. The number of anilines is 2. The molecular formula is C21H21N3O2S. The van der Waals surface area contributed by atoms with Crippen LogP contribution in [0.5, 0.6) is 11.5 Å². The van der Waals surface area contributed by atoms with E-state index in [0.29, 0.717) is 5.75 Å². The maximum atomic E-state index is 9.93. The van der Waals surface area contributed by atoms with Crippen LogP contribution < -0.4 is 10.1 Å². The van der Waals surface area contributed by atoms with E-state index >= 15 is 0 Å². The highest BCUT2D eigenvalue weighted by Gasteiger charge is 2.18. The van der Waals surface area contributed by atoms with Gasteiger partial charge in [-0.25, -0.2) is 4.98 Å². The molecule has 6 heteroatoms. The van der Waals surface area contributed by atoms with Gasteiger partial charge in [0.2, 0.25) is 0 Å². The van der Waals surface area contributed by atoms with Crippen molar-refractivity contribution in [3.63, 3.8) is 0 Å². The summed E-state index contributed by atoms with van der Waals surface area (Å²) in [6.07, 6.45) is 2.96. The molecule has 0 aliphatic heterocycles. The van der Waals surface area contributed by atoms with Crippen LogP contribution >= 0.6 is 11.3 Å². The average molecular weight is 379 g/mol. The van der Waals surface area contributed by atoms with Gasteiger partial charge in [-0.05, 0) is 42.7 Å². The molecule has 0 saturated heterocycles. The van der Waals surface area contributed by atoms with Crippen molar-refractivity contribution in [3.05, 3.63) is 59.1 Å². The fourth-order valence-electron chi connectivity index (χ4n) is 3.25. The molecule has 0 saturated carbocycles. The highest BCUT2D eigenvalue weighted by atomic mass is 32.1. The van der Waals surface area contributed by atoms with E-state index in [0.717, 1.165) is 34.1 Å². The number of rotatable bonds is 5. The lowest BCUT2D eigenvalue weighted by molar-refractivity contribution is 0.373. The quantitative estimate of drug-likeness (QED) is 0.488. The van der Waals surface area contributed by atoms with Gasteiger partial charge in [-0.3, -0.25) is 4.40 Å². The van der Waals surface area contributed by atoms with Gasteiger partial charge in [0, 0.05) is 22.8 Å². The number of benzene rings is 2. The number of fused-ring (bicyclic) bond motifs is 1. The fourth-order valence-corrected chi connectivity index (χ4v) is 3.97. The molecule has 2 aromatic heterocycles. The number of aryl methyl sites for hydroxylation is 2. The molecule has 0 spiro atoms. The Morgan fingerprint density at radius 1 is 1.26 bits per heavy atom. The number of aromatic nitrogens is 2. The summed E-state index contributed by atoms with van der Waals surface area (Å²) in [6.45, 7) is 4.26. The van der Waals surface area contributed by atoms with Crippen LogP contribution in [-0.2, 0) is 6.42 Å². The maximum absolute atomic E-state index is 9.93. The molecule has 0 bridgehead atoms. The Labute approximate surface area is 161 Å². The maximum Gasteiger partial charge on any atom is 0.195 e. The lowest BCUT2D eigenvalue weighted by Gasteiger charge is -2.15. The Bertz CT molecular complexity index is 1110. The zero-order valence-corrected chi connectivity index (χ0v) is 16.3. The Morgan fingerprint density at radius 3 is 2.89 bits per heavy atom. The van der Waals surface area contributed by atoms with Gasteiger partial charge in [0.05, 0.1) is 7.11 Å². The van der Waals surface area contributed by atoms with Crippen LogP contribution in [0.2, 0.25) is 0 Å². The number of thiazole rings is 1. The molecule has 4 aromatic rings. The molecule has 27 heavy (non-hydrogen) atoms. The lowest BCUT2D eigenvalue weighted by atomic mass is 10.1. The standard InChI is InChI=1S/C21H21N3O2S/c1-4-14-7-5-6-13(2)18(14)22-20-19(23-21-24(20)10-11-27-21)15-8-9-16(25)17(12-15)26-3/h5-12,22,25H,4H2,1-3H3. The molecule has 0 aliphatic rings. The third kappa shape index (κ3) is 3.02. The predicted octanol–water partition coefficient (Wildman–Crippen LogP) is 5.39. The van der Waals surface area contributed by atoms with Crippen molar-refractivity contribution in [2.45, 2.75) is 20.3 Å². The first-order valence-corrected chi connectivity index (χ1v) is 9.68. The van der Waals surface area contributed by atoms with Crippen LogP contribution in [0.1, 0.15) is 18.1 Å². The number of phenols is 1. The summed E-state index contributed by atoms with van der Waals surface area (Å²) in [6, 6.07) is 11.6. The highest BCUT2D eigenvalue weighted by Crippen LogP contribution is 2.38. The number of hydrogen-bond donors (Lipinski definition) is 2. The van der Waals surface area contributed by atoms with Crippen molar-refractivity contribution in [1.29, 1.82) is 0 Å². The Balaban J connectivity index is 1.89. The highest BCUT2D eigenvalue weighted by molar-refractivity contribution is 7.15. The molecule has 5 nitrogen and oxygen atoms in total. The van der Waals surface area contributed by atoms with Crippen molar-refractivity contribution in [3.8, 4) is 22.8 Å². The molecule has 0 fully saturated rings. The molecule has 4 rings (SSSR count). The summed E-state index contributed by atoms with van der Waals surface area (Å²) in [4.78, 5) is 5.72. The van der Waals surface area contributed by atoms with Gasteiger partial charge in [0.1, 0.15) is 11.5 Å². The van der Waals surface area contributed by atoms with Crippen molar-refractivity contribution in [1.82, 2.24) is 9.38 Å². The molecule has 2 aromatic carbocycles. The average Bonchev–Trinajstić information content (AvgIpc) is 3.26. The minimum absolute atomic E-state index is 0.115. The van der Waals surface area contributed by atoms with E-state index in [-0.39, 0.29) is 5.75 Å². The van der Waals surface area contributed by atoms with Crippen molar-refractivity contribution >= 4 is 27.8 Å². The van der Waals surface area contributed by atoms with Crippen molar-refractivity contribution < 1.29 is 9.84 Å². The predicted molar refractivity (Wildman–Crippen MR) is 111 cm³/mol. The van der Waals surface area contributed by atoms with Crippen LogP contribution in [-0.4, -0.2) is 21.6 Å². The zero-order valence-electron chi connectivity index (χ0n) is 15.5. The molecule has 2 heterocycles. The van der Waals surface area contributed by atoms with Crippen LogP contribution in [0.3, 0.4) is 0 Å². The second-order valence-electron chi connectivity index (χ2n) is 6.34. The van der Waals surface area contributed by atoms with Crippen LogP contribution in [0.15, 0.2) is 48.0 Å². The minimum atomic E-state index is 0.115. The molecule has 2 N–H and O–H groups in total. The number of para-hydroxylation sites is 1. The monoisotopic (exact) mass is 379 g/mol. The largest absolute Gasteiger partial charge is 0.504 e. The van der Waals surface area contributed by atoms with E-state index in [2.05, 4.69) is 41.8 Å². The molecular weight excluding hydrogens is 358 g/mol. The molecule has 0 aliphatic carbocycles. The normalized spacial score (nSPS) is 11.1. The van der Waals surface area contributed by atoms with E-state index in [1.807, 2.05) is 23.7 Å². The molecule has 0 amide bonds. The number of imidazole rings is 1. The summed E-state index contributed by atoms with van der Waals surface area (Å²) >= 11 is 1.59. The number of hydrogen-bond acceptors (Lipinski definition) is 5. The van der Waals surface area contributed by atoms with Gasteiger partial charge >= 0.3 is 0 Å². The molecule has 0 atom stereocenters. The fraction of sp³-hybridized carbons (Fsp3) is 0.190. The summed E-state index contributed by atoms with van der Waals surface area (Å²) in [5.41, 5.74) is 5.27. The van der Waals surface area contributed by atoms with Crippen molar-refractivity contribution in [2.75, 3.05) is 12.4 Å². The SMILES string of the molecule is CCc1cccc(C)c1Nc1c(-c2ccc(O)c(OC)c2)nc2sccn12. The number of methoxy groups -OCH3 is 1. The third-order valence-corrected chi connectivity index (χ3v) is 5.46. The number of phenolic OH excluding ortho intramolecular Hbond substituents is 1. The van der Waals surface area contributed by atoms with Gasteiger partial charge in [-0.15, -0.1) is 11.3 Å². The number of ether oxygens (including phenoxy) is 1. The van der Waals surface area contributed by atoms with Crippen LogP contribution in [0, 0.1) is 6.92 Å². The van der Waals surface area contributed by atoms with E-state index < -0.39 is 0 Å². The van der Waals surface area contributed by atoms with Crippen LogP contribution in [0.25, 0.3) is 16.2 Å². The summed E-state index contributed by atoms with van der Waals surface area (Å²) in [5, 5.41) is 15.6. The summed E-state index contributed by atoms with van der Waals surface area (Å²) in [5.74, 6) is 1.45. The third-order valence-electron chi connectivity index (χ3n) is 4.70. The number of aromatic hydroxyl groups is 1. The van der Waals surface area contributed by atoms with Gasteiger partial charge in [-0.1, -0.05) is 25.1 Å². The second-order valence-corrected chi connectivity index (χ2v) is 7.21. The van der Waals surface area contributed by atoms with E-state index in [1.165, 1.54) is 11.1 Å². The van der Waals surface area contributed by atoms with E-state index in [4.69, 9.17) is 9.72 Å². The zero-order chi connectivity index (χ0) is 19.0. The summed E-state index contributed by atoms with van der Waals surface area (Å²) < 4.78 is 7.33. The molecule has 0 radical (unpaired) electrons. The lowest BCUT2D eigenvalue weighted by Crippen LogP contribution is -2.01. The van der Waals surface area contributed by atoms with Gasteiger partial charge in [0.25, 0.3) is 0 Å². The topological polar surface area (TPSA) is 58.8 Å². The first kappa shape index (κ1) is 17.4. The van der Waals surface area contributed by atoms with Gasteiger partial charge < -0.3 is 15.2 Å². The Morgan fingerprint density at radius 2 is 2.11 bits per heavy atom. The smallest absolute Gasteiger partial charge is 0.195 e. The van der Waals surface area contributed by atoms with Crippen molar-refractivity contribution in [2.24, 2.45) is 0 Å². The van der Waals surface area contributed by atoms with E-state index in [9.17, 15) is 5.11 Å². The van der Waals surface area contributed by atoms with E-state index in [1.54, 1.807) is 24.5 Å². The first-order chi connectivity index (χ1) is 13.1.